The Labute approximate surface area is 164 Å². The Kier molecular flexibility index (Phi) is 8.33. The number of halogens is 1. The number of hydrogen-bond acceptors (Lipinski definition) is 2. The molecule has 1 heterocycles. The van der Waals surface area contributed by atoms with Crippen molar-refractivity contribution in [2.75, 3.05) is 45.2 Å². The van der Waals surface area contributed by atoms with E-state index >= 15 is 0 Å². The first-order chi connectivity index (χ1) is 10.9. The van der Waals surface area contributed by atoms with Gasteiger partial charge in [0.05, 0.1) is 0 Å². The molecule has 0 aliphatic carbocycles. The van der Waals surface area contributed by atoms with E-state index in [2.05, 4.69) is 74.2 Å². The number of nitrogens with zero attached hydrogens (tertiary/aromatic N) is 3. The van der Waals surface area contributed by atoms with Crippen LogP contribution in [0.1, 0.15) is 32.8 Å². The third kappa shape index (κ3) is 6.15. The summed E-state index contributed by atoms with van der Waals surface area (Å²) in [5, 5.41) is 3.44. The molecule has 136 valence electrons. The first kappa shape index (κ1) is 21.1. The van der Waals surface area contributed by atoms with E-state index in [4.69, 9.17) is 4.99 Å². The van der Waals surface area contributed by atoms with Crippen molar-refractivity contribution in [2.45, 2.75) is 33.6 Å². The molecule has 1 saturated heterocycles. The summed E-state index contributed by atoms with van der Waals surface area (Å²) in [6.07, 6.45) is 2.23. The lowest BCUT2D eigenvalue weighted by molar-refractivity contribution is 0.370. The Balaban J connectivity index is 0.00000288. The van der Waals surface area contributed by atoms with E-state index in [1.165, 1.54) is 17.7 Å². The molecular formula is C19H33IN4. The summed E-state index contributed by atoms with van der Waals surface area (Å²) in [4.78, 5) is 9.36. The van der Waals surface area contributed by atoms with Gasteiger partial charge < -0.3 is 15.1 Å². The summed E-state index contributed by atoms with van der Waals surface area (Å²) in [7, 11) is 4.14. The summed E-state index contributed by atoms with van der Waals surface area (Å²) < 4.78 is 0. The van der Waals surface area contributed by atoms with Crippen molar-refractivity contribution in [1.82, 2.24) is 10.2 Å². The maximum absolute atomic E-state index is 4.83. The van der Waals surface area contributed by atoms with Gasteiger partial charge in [-0.3, -0.25) is 4.99 Å². The van der Waals surface area contributed by atoms with Crippen LogP contribution < -0.4 is 10.2 Å². The van der Waals surface area contributed by atoms with Gasteiger partial charge in [0.15, 0.2) is 5.96 Å². The van der Waals surface area contributed by atoms with Crippen LogP contribution in [0.4, 0.5) is 5.69 Å². The normalized spacial score (nSPS) is 16.7. The molecule has 4 nitrogen and oxygen atoms in total. The van der Waals surface area contributed by atoms with Gasteiger partial charge in [-0.1, -0.05) is 26.0 Å². The molecule has 0 aromatic heterocycles. The predicted molar refractivity (Wildman–Crippen MR) is 116 cm³/mol. The predicted octanol–water partition coefficient (Wildman–Crippen LogP) is 3.61. The monoisotopic (exact) mass is 444 g/mol. The van der Waals surface area contributed by atoms with Gasteiger partial charge in [0, 0.05) is 46.0 Å². The molecule has 0 saturated carbocycles. The quantitative estimate of drug-likeness (QED) is 0.428. The number of likely N-dealkylation sites (tertiary alicyclic amines) is 1. The Morgan fingerprint density at radius 2 is 1.92 bits per heavy atom. The van der Waals surface area contributed by atoms with E-state index in [-0.39, 0.29) is 24.0 Å². The third-order valence-corrected chi connectivity index (χ3v) is 4.43. The van der Waals surface area contributed by atoms with Gasteiger partial charge in [0.25, 0.3) is 0 Å². The zero-order valence-electron chi connectivity index (χ0n) is 15.8. The van der Waals surface area contributed by atoms with Crippen molar-refractivity contribution >= 4 is 35.6 Å². The molecule has 1 aliphatic rings. The van der Waals surface area contributed by atoms with E-state index in [9.17, 15) is 0 Å². The maximum atomic E-state index is 4.83. The molecule has 1 N–H and O–H groups in total. The number of anilines is 1. The molecule has 0 radical (unpaired) electrons. The summed E-state index contributed by atoms with van der Waals surface area (Å²) in [6.45, 7) is 10.8. The minimum atomic E-state index is 0. The second kappa shape index (κ2) is 9.49. The van der Waals surface area contributed by atoms with Crippen LogP contribution in [0, 0.1) is 5.41 Å². The largest absolute Gasteiger partial charge is 0.378 e. The van der Waals surface area contributed by atoms with Crippen molar-refractivity contribution in [2.24, 2.45) is 10.4 Å². The van der Waals surface area contributed by atoms with Crippen LogP contribution in [0.5, 0.6) is 0 Å². The zero-order valence-corrected chi connectivity index (χ0v) is 18.1. The van der Waals surface area contributed by atoms with Gasteiger partial charge >= 0.3 is 0 Å². The highest BCUT2D eigenvalue weighted by Gasteiger charge is 2.30. The third-order valence-electron chi connectivity index (χ3n) is 4.43. The molecule has 1 aliphatic heterocycles. The average molecular weight is 444 g/mol. The lowest BCUT2D eigenvalue weighted by atomic mass is 9.93. The van der Waals surface area contributed by atoms with Gasteiger partial charge in [0.1, 0.15) is 0 Å². The lowest BCUT2D eigenvalue weighted by Gasteiger charge is -2.23. The van der Waals surface area contributed by atoms with E-state index in [0.717, 1.165) is 38.6 Å². The molecule has 0 atom stereocenters. The van der Waals surface area contributed by atoms with Crippen LogP contribution in [0.2, 0.25) is 0 Å². The second-order valence-corrected chi connectivity index (χ2v) is 7.38. The van der Waals surface area contributed by atoms with E-state index in [1.54, 1.807) is 0 Å². The van der Waals surface area contributed by atoms with Crippen molar-refractivity contribution in [1.29, 1.82) is 0 Å². The maximum Gasteiger partial charge on any atom is 0.193 e. The van der Waals surface area contributed by atoms with Crippen molar-refractivity contribution < 1.29 is 0 Å². The molecule has 2 rings (SSSR count). The number of rotatable bonds is 5. The van der Waals surface area contributed by atoms with E-state index < -0.39 is 0 Å². The first-order valence-electron chi connectivity index (χ1n) is 8.71. The van der Waals surface area contributed by atoms with Gasteiger partial charge in [-0.25, -0.2) is 0 Å². The topological polar surface area (TPSA) is 30.9 Å². The van der Waals surface area contributed by atoms with Crippen LogP contribution in [0.25, 0.3) is 0 Å². The molecule has 1 aromatic rings. The fourth-order valence-corrected chi connectivity index (χ4v) is 2.97. The van der Waals surface area contributed by atoms with Gasteiger partial charge in [0.2, 0.25) is 0 Å². The SMILES string of the molecule is CCNC(=NCCc1ccc(N(C)C)cc1)N1CCC(C)(C)C1.I. The highest BCUT2D eigenvalue weighted by atomic mass is 127. The summed E-state index contributed by atoms with van der Waals surface area (Å²) in [5.74, 6) is 1.07. The molecule has 24 heavy (non-hydrogen) atoms. The smallest absolute Gasteiger partial charge is 0.193 e. The Morgan fingerprint density at radius 3 is 2.42 bits per heavy atom. The number of hydrogen-bond donors (Lipinski definition) is 1. The summed E-state index contributed by atoms with van der Waals surface area (Å²) in [6, 6.07) is 8.76. The molecule has 0 unspecified atom stereocenters. The number of guanidine groups is 1. The second-order valence-electron chi connectivity index (χ2n) is 7.38. The van der Waals surface area contributed by atoms with Crippen LogP contribution in [-0.4, -0.2) is 51.1 Å². The Morgan fingerprint density at radius 1 is 1.25 bits per heavy atom. The molecule has 1 fully saturated rings. The standard InChI is InChI=1S/C19H32N4.HI/c1-6-20-18(23-14-12-19(2,3)15-23)21-13-11-16-7-9-17(10-8-16)22(4)5;/h7-10H,6,11-15H2,1-5H3,(H,20,21);1H. The average Bonchev–Trinajstić information content (AvgIpc) is 2.87. The van der Waals surface area contributed by atoms with E-state index in [0.29, 0.717) is 5.41 Å². The Bertz CT molecular complexity index is 523. The Hall–Kier alpha value is -0.980. The number of benzene rings is 1. The first-order valence-corrected chi connectivity index (χ1v) is 8.71. The highest BCUT2D eigenvalue weighted by molar-refractivity contribution is 14.0. The number of nitrogens with one attached hydrogen (secondary N) is 1. The minimum absolute atomic E-state index is 0. The molecule has 1 aromatic carbocycles. The van der Waals surface area contributed by atoms with Gasteiger partial charge in [-0.2, -0.15) is 0 Å². The molecule has 5 heteroatoms. The van der Waals surface area contributed by atoms with Crippen LogP contribution in [0.3, 0.4) is 0 Å². The van der Waals surface area contributed by atoms with Gasteiger partial charge in [-0.15, -0.1) is 24.0 Å². The molecule has 0 bridgehead atoms. The lowest BCUT2D eigenvalue weighted by Crippen LogP contribution is -2.40. The fraction of sp³-hybridized carbons (Fsp3) is 0.632. The van der Waals surface area contributed by atoms with Crippen molar-refractivity contribution in [3.05, 3.63) is 29.8 Å². The molecule has 0 spiro atoms. The molecule has 0 amide bonds. The minimum Gasteiger partial charge on any atom is -0.378 e. The van der Waals surface area contributed by atoms with Crippen molar-refractivity contribution in [3.63, 3.8) is 0 Å². The van der Waals surface area contributed by atoms with E-state index in [1.807, 2.05) is 0 Å². The van der Waals surface area contributed by atoms with Crippen LogP contribution in [-0.2, 0) is 6.42 Å². The zero-order chi connectivity index (χ0) is 16.9. The fourth-order valence-electron chi connectivity index (χ4n) is 2.97. The van der Waals surface area contributed by atoms with Crippen LogP contribution in [0.15, 0.2) is 29.3 Å². The highest BCUT2D eigenvalue weighted by Crippen LogP contribution is 2.28. The van der Waals surface area contributed by atoms with Crippen molar-refractivity contribution in [3.8, 4) is 0 Å². The summed E-state index contributed by atoms with van der Waals surface area (Å²) in [5.41, 5.74) is 2.99. The van der Waals surface area contributed by atoms with Crippen LogP contribution >= 0.6 is 24.0 Å². The summed E-state index contributed by atoms with van der Waals surface area (Å²) >= 11 is 0. The molecular weight excluding hydrogens is 411 g/mol. The number of aliphatic imine (C=N–C) groups is 1. The van der Waals surface area contributed by atoms with Gasteiger partial charge in [-0.05, 0) is 42.9 Å².